The van der Waals surface area contributed by atoms with Crippen LogP contribution in [0, 0.1) is 11.3 Å². The average molecular weight is 351 g/mol. The zero-order valence-corrected chi connectivity index (χ0v) is 13.9. The predicted molar refractivity (Wildman–Crippen MR) is 85.9 cm³/mol. The number of piperazine rings is 1. The lowest BCUT2D eigenvalue weighted by Gasteiger charge is -2.34. The summed E-state index contributed by atoms with van der Waals surface area (Å²) >= 11 is 7.54. The number of aromatic nitrogens is 3. The summed E-state index contributed by atoms with van der Waals surface area (Å²) in [6, 6.07) is 5.80. The Kier molecular flexibility index (Phi) is 4.91. The lowest BCUT2D eigenvalue weighted by molar-refractivity contribution is -0.133. The molecule has 0 aliphatic carbocycles. The van der Waals surface area contributed by atoms with E-state index in [4.69, 9.17) is 16.9 Å². The molecule has 3 heterocycles. The molecule has 2 aromatic rings. The highest BCUT2D eigenvalue weighted by molar-refractivity contribution is 7.16. The molecule has 9 heteroatoms. The first-order valence-corrected chi connectivity index (χ1v) is 8.37. The first kappa shape index (κ1) is 15.9. The van der Waals surface area contributed by atoms with Crippen LogP contribution in [0.3, 0.4) is 0 Å². The molecule has 1 aliphatic rings. The van der Waals surface area contributed by atoms with Gasteiger partial charge in [-0.1, -0.05) is 11.6 Å². The zero-order chi connectivity index (χ0) is 16.2. The Morgan fingerprint density at radius 2 is 2.13 bits per heavy atom. The van der Waals surface area contributed by atoms with Gasteiger partial charge in [-0.2, -0.15) is 5.26 Å². The van der Waals surface area contributed by atoms with Gasteiger partial charge in [-0.15, -0.1) is 16.4 Å². The minimum atomic E-state index is -0.00166. The minimum Gasteiger partial charge on any atom is -0.339 e. The third-order valence-electron chi connectivity index (χ3n) is 3.67. The van der Waals surface area contributed by atoms with Gasteiger partial charge in [0.1, 0.15) is 18.9 Å². The molecule has 1 saturated heterocycles. The van der Waals surface area contributed by atoms with E-state index in [9.17, 15) is 4.79 Å². The summed E-state index contributed by atoms with van der Waals surface area (Å²) in [5.41, 5.74) is 0. The van der Waals surface area contributed by atoms with Crippen LogP contribution in [0.15, 0.2) is 18.5 Å². The fraction of sp³-hybridized carbons (Fsp3) is 0.429. The molecular weight excluding hydrogens is 336 g/mol. The van der Waals surface area contributed by atoms with Gasteiger partial charge in [-0.05, 0) is 12.1 Å². The first-order valence-electron chi connectivity index (χ1n) is 7.18. The highest BCUT2D eigenvalue weighted by Gasteiger charge is 2.22. The van der Waals surface area contributed by atoms with Crippen LogP contribution in [0.4, 0.5) is 0 Å². The highest BCUT2D eigenvalue weighted by atomic mass is 35.5. The van der Waals surface area contributed by atoms with Gasteiger partial charge in [-0.25, -0.2) is 9.67 Å². The summed E-state index contributed by atoms with van der Waals surface area (Å²) in [4.78, 5) is 21.4. The van der Waals surface area contributed by atoms with E-state index in [0.717, 1.165) is 24.0 Å². The van der Waals surface area contributed by atoms with Crippen molar-refractivity contribution in [2.24, 2.45) is 0 Å². The van der Waals surface area contributed by atoms with E-state index >= 15 is 0 Å². The number of hydrogen-bond donors (Lipinski definition) is 0. The Morgan fingerprint density at radius 1 is 1.35 bits per heavy atom. The molecule has 0 bridgehead atoms. The second-order valence-corrected chi connectivity index (χ2v) is 7.04. The number of nitrogens with zero attached hydrogens (tertiary/aromatic N) is 6. The maximum absolute atomic E-state index is 12.3. The Bertz CT molecular complexity index is 728. The van der Waals surface area contributed by atoms with E-state index < -0.39 is 0 Å². The van der Waals surface area contributed by atoms with E-state index in [1.165, 1.54) is 15.9 Å². The van der Waals surface area contributed by atoms with Crippen molar-refractivity contribution in [3.8, 4) is 6.07 Å². The van der Waals surface area contributed by atoms with Crippen molar-refractivity contribution in [2.75, 3.05) is 26.2 Å². The van der Waals surface area contributed by atoms with E-state index in [0.29, 0.717) is 13.1 Å². The molecule has 0 N–H and O–H groups in total. The second kappa shape index (κ2) is 7.08. The van der Waals surface area contributed by atoms with Gasteiger partial charge in [0.25, 0.3) is 5.82 Å². The molecule has 0 unspecified atom stereocenters. The van der Waals surface area contributed by atoms with Crippen molar-refractivity contribution >= 4 is 28.8 Å². The van der Waals surface area contributed by atoms with Crippen LogP contribution in [-0.2, 0) is 17.9 Å². The van der Waals surface area contributed by atoms with E-state index in [-0.39, 0.29) is 18.3 Å². The van der Waals surface area contributed by atoms with E-state index in [2.05, 4.69) is 15.0 Å². The predicted octanol–water partition coefficient (Wildman–Crippen LogP) is 1.21. The van der Waals surface area contributed by atoms with Crippen LogP contribution < -0.4 is 0 Å². The Hall–Kier alpha value is -1.95. The first-order chi connectivity index (χ1) is 11.1. The highest BCUT2D eigenvalue weighted by Crippen LogP contribution is 2.23. The SMILES string of the molecule is N#Cc1ncn(CC(=O)N2CCN(Cc3ccc(Cl)s3)CC2)n1. The smallest absolute Gasteiger partial charge is 0.252 e. The third-order valence-corrected chi connectivity index (χ3v) is 4.88. The van der Waals surface area contributed by atoms with Crippen LogP contribution in [-0.4, -0.2) is 56.7 Å². The number of thiophene rings is 1. The molecule has 1 aliphatic heterocycles. The van der Waals surface area contributed by atoms with Crippen LogP contribution in [0.25, 0.3) is 0 Å². The third kappa shape index (κ3) is 4.07. The zero-order valence-electron chi connectivity index (χ0n) is 12.4. The molecule has 0 saturated carbocycles. The monoisotopic (exact) mass is 350 g/mol. The topological polar surface area (TPSA) is 78.0 Å². The lowest BCUT2D eigenvalue weighted by atomic mass is 10.3. The molecule has 0 atom stereocenters. The molecule has 1 fully saturated rings. The normalized spacial score (nSPS) is 15.6. The molecule has 120 valence electrons. The van der Waals surface area contributed by atoms with Crippen molar-refractivity contribution in [3.05, 3.63) is 33.5 Å². The molecule has 1 amide bonds. The number of carbonyl (C=O) groups excluding carboxylic acids is 1. The Morgan fingerprint density at radius 3 is 2.74 bits per heavy atom. The van der Waals surface area contributed by atoms with Gasteiger partial charge >= 0.3 is 0 Å². The summed E-state index contributed by atoms with van der Waals surface area (Å²) in [6.45, 7) is 4.04. The maximum atomic E-state index is 12.3. The number of hydrogen-bond acceptors (Lipinski definition) is 6. The summed E-state index contributed by atoms with van der Waals surface area (Å²) in [7, 11) is 0. The van der Waals surface area contributed by atoms with E-state index in [1.54, 1.807) is 11.3 Å². The van der Waals surface area contributed by atoms with Crippen LogP contribution >= 0.6 is 22.9 Å². The molecule has 3 rings (SSSR count). The van der Waals surface area contributed by atoms with Gasteiger partial charge < -0.3 is 4.90 Å². The van der Waals surface area contributed by atoms with Gasteiger partial charge in [0.05, 0.1) is 4.34 Å². The number of amides is 1. The minimum absolute atomic E-state index is 0.00166. The van der Waals surface area contributed by atoms with Gasteiger partial charge in [0.15, 0.2) is 0 Å². The number of carbonyl (C=O) groups is 1. The van der Waals surface area contributed by atoms with Crippen molar-refractivity contribution in [3.63, 3.8) is 0 Å². The van der Waals surface area contributed by atoms with Crippen molar-refractivity contribution in [1.29, 1.82) is 5.26 Å². The standard InChI is InChI=1S/C14H15ClN6OS/c15-12-2-1-11(23-12)8-19-3-5-20(6-4-19)14(22)9-21-10-17-13(7-16)18-21/h1-2,10H,3-6,8-9H2. The van der Waals surface area contributed by atoms with Crippen LogP contribution in [0.5, 0.6) is 0 Å². The van der Waals surface area contributed by atoms with Crippen molar-refractivity contribution in [2.45, 2.75) is 13.1 Å². The second-order valence-electron chi connectivity index (χ2n) is 5.24. The summed E-state index contributed by atoms with van der Waals surface area (Å²) in [6.07, 6.45) is 1.41. The molecular formula is C14H15ClN6OS. The molecule has 0 aromatic carbocycles. The molecule has 2 aromatic heterocycles. The maximum Gasteiger partial charge on any atom is 0.252 e. The molecule has 23 heavy (non-hydrogen) atoms. The molecule has 0 spiro atoms. The number of halogens is 1. The van der Waals surface area contributed by atoms with Gasteiger partial charge in [-0.3, -0.25) is 9.69 Å². The number of nitriles is 1. The van der Waals surface area contributed by atoms with Crippen molar-refractivity contribution < 1.29 is 4.79 Å². The van der Waals surface area contributed by atoms with Gasteiger partial charge in [0.2, 0.25) is 5.91 Å². The van der Waals surface area contributed by atoms with Crippen LogP contribution in [0.2, 0.25) is 4.34 Å². The molecule has 7 nitrogen and oxygen atoms in total. The van der Waals surface area contributed by atoms with E-state index in [1.807, 2.05) is 23.1 Å². The summed E-state index contributed by atoms with van der Waals surface area (Å²) < 4.78 is 2.21. The fourth-order valence-corrected chi connectivity index (χ4v) is 3.60. The Labute approximate surface area is 142 Å². The van der Waals surface area contributed by atoms with Crippen LogP contribution in [0.1, 0.15) is 10.7 Å². The average Bonchev–Trinajstić information content (AvgIpc) is 3.17. The van der Waals surface area contributed by atoms with Gasteiger partial charge in [0, 0.05) is 37.6 Å². The van der Waals surface area contributed by atoms with Crippen molar-refractivity contribution in [1.82, 2.24) is 24.6 Å². The quantitative estimate of drug-likeness (QED) is 0.828. The summed E-state index contributed by atoms with van der Waals surface area (Å²) in [5, 5.41) is 12.6. The largest absolute Gasteiger partial charge is 0.339 e. The molecule has 0 radical (unpaired) electrons. The summed E-state index contributed by atoms with van der Waals surface area (Å²) in [5.74, 6) is 0.0791. The fourth-order valence-electron chi connectivity index (χ4n) is 2.47. The lowest BCUT2D eigenvalue weighted by Crippen LogP contribution is -2.49. The Balaban J connectivity index is 1.48. The number of rotatable bonds is 4.